The molecular formula is C21H26N4O2. The molecule has 1 unspecified atom stereocenters. The van der Waals surface area contributed by atoms with Crippen molar-refractivity contribution in [3.8, 4) is 0 Å². The number of amides is 2. The molecule has 6 heteroatoms. The first-order valence-electron chi connectivity index (χ1n) is 9.71. The lowest BCUT2D eigenvalue weighted by molar-refractivity contribution is -0.126. The van der Waals surface area contributed by atoms with Gasteiger partial charge in [-0.05, 0) is 36.5 Å². The van der Waals surface area contributed by atoms with Crippen LogP contribution in [0.15, 0.2) is 36.8 Å². The SMILES string of the molecule is CC(C)c1ccc(N2CC(C(=O)NCc3cncn3C3CC3)CC2=O)cc1. The highest BCUT2D eigenvalue weighted by atomic mass is 16.2. The third kappa shape index (κ3) is 3.75. The highest BCUT2D eigenvalue weighted by Crippen LogP contribution is 2.35. The fourth-order valence-corrected chi connectivity index (χ4v) is 3.64. The van der Waals surface area contributed by atoms with Crippen molar-refractivity contribution in [1.82, 2.24) is 14.9 Å². The summed E-state index contributed by atoms with van der Waals surface area (Å²) in [6.45, 7) is 5.19. The van der Waals surface area contributed by atoms with Gasteiger partial charge >= 0.3 is 0 Å². The predicted octanol–water partition coefficient (Wildman–Crippen LogP) is 3.01. The zero-order valence-corrected chi connectivity index (χ0v) is 15.9. The number of rotatable bonds is 6. The van der Waals surface area contributed by atoms with Crippen molar-refractivity contribution in [1.29, 1.82) is 0 Å². The zero-order chi connectivity index (χ0) is 19.0. The molecule has 1 N–H and O–H groups in total. The molecule has 0 bridgehead atoms. The number of nitrogens with one attached hydrogen (secondary N) is 1. The summed E-state index contributed by atoms with van der Waals surface area (Å²) < 4.78 is 2.14. The maximum absolute atomic E-state index is 12.6. The minimum absolute atomic E-state index is 0.00969. The van der Waals surface area contributed by atoms with Gasteiger partial charge in [-0.15, -0.1) is 0 Å². The van der Waals surface area contributed by atoms with E-state index in [-0.39, 0.29) is 24.2 Å². The van der Waals surface area contributed by atoms with E-state index in [1.54, 1.807) is 11.1 Å². The number of hydrogen-bond acceptors (Lipinski definition) is 3. The summed E-state index contributed by atoms with van der Waals surface area (Å²) >= 11 is 0. The van der Waals surface area contributed by atoms with E-state index in [1.807, 2.05) is 18.5 Å². The lowest BCUT2D eigenvalue weighted by Gasteiger charge is -2.18. The Balaban J connectivity index is 1.36. The first-order chi connectivity index (χ1) is 13.0. The Morgan fingerprint density at radius 2 is 2.00 bits per heavy atom. The van der Waals surface area contributed by atoms with Gasteiger partial charge in [0, 0.05) is 30.9 Å². The summed E-state index contributed by atoms with van der Waals surface area (Å²) in [5, 5.41) is 2.99. The minimum atomic E-state index is -0.306. The predicted molar refractivity (Wildman–Crippen MR) is 103 cm³/mol. The molecule has 1 saturated heterocycles. The summed E-state index contributed by atoms with van der Waals surface area (Å²) in [4.78, 5) is 30.9. The molecule has 2 amide bonds. The van der Waals surface area contributed by atoms with Crippen LogP contribution in [-0.4, -0.2) is 27.9 Å². The molecular weight excluding hydrogens is 340 g/mol. The number of carbonyl (C=O) groups excluding carboxylic acids is 2. The summed E-state index contributed by atoms with van der Waals surface area (Å²) in [6.07, 6.45) is 6.26. The Bertz CT molecular complexity index is 836. The molecule has 2 heterocycles. The molecule has 2 aliphatic rings. The Morgan fingerprint density at radius 3 is 2.67 bits per heavy atom. The largest absolute Gasteiger partial charge is 0.350 e. The maximum Gasteiger partial charge on any atom is 0.227 e. The number of hydrogen-bond donors (Lipinski definition) is 1. The minimum Gasteiger partial charge on any atom is -0.350 e. The Hall–Kier alpha value is -2.63. The normalized spacial score (nSPS) is 19.7. The Labute approximate surface area is 159 Å². The van der Waals surface area contributed by atoms with E-state index in [0.29, 0.717) is 25.0 Å². The second kappa shape index (κ2) is 7.18. The number of aromatic nitrogens is 2. The molecule has 27 heavy (non-hydrogen) atoms. The summed E-state index contributed by atoms with van der Waals surface area (Å²) in [6, 6.07) is 8.60. The highest BCUT2D eigenvalue weighted by molar-refractivity contribution is 6.00. The first kappa shape index (κ1) is 17.8. The van der Waals surface area contributed by atoms with Crippen molar-refractivity contribution >= 4 is 17.5 Å². The molecule has 1 aromatic heterocycles. The molecule has 4 rings (SSSR count). The zero-order valence-electron chi connectivity index (χ0n) is 15.9. The van der Waals surface area contributed by atoms with Crippen LogP contribution in [0, 0.1) is 5.92 Å². The van der Waals surface area contributed by atoms with Crippen molar-refractivity contribution < 1.29 is 9.59 Å². The quantitative estimate of drug-likeness (QED) is 0.854. The van der Waals surface area contributed by atoms with Gasteiger partial charge in [-0.2, -0.15) is 0 Å². The molecule has 2 aromatic rings. The monoisotopic (exact) mass is 366 g/mol. The molecule has 2 fully saturated rings. The van der Waals surface area contributed by atoms with Crippen molar-refractivity contribution in [2.24, 2.45) is 5.92 Å². The first-order valence-corrected chi connectivity index (χ1v) is 9.71. The van der Waals surface area contributed by atoms with Gasteiger partial charge in [0.05, 0.1) is 24.5 Å². The van der Waals surface area contributed by atoms with Gasteiger partial charge in [-0.3, -0.25) is 9.59 Å². The fourth-order valence-electron chi connectivity index (χ4n) is 3.64. The van der Waals surface area contributed by atoms with Crippen LogP contribution in [0.4, 0.5) is 5.69 Å². The second-order valence-corrected chi connectivity index (χ2v) is 7.89. The van der Waals surface area contributed by atoms with E-state index < -0.39 is 0 Å². The third-order valence-electron chi connectivity index (χ3n) is 5.50. The van der Waals surface area contributed by atoms with Crippen LogP contribution >= 0.6 is 0 Å². The highest BCUT2D eigenvalue weighted by Gasteiger charge is 2.35. The molecule has 1 atom stereocenters. The topological polar surface area (TPSA) is 67.2 Å². The molecule has 0 spiro atoms. The van der Waals surface area contributed by atoms with Gasteiger partial charge in [0.1, 0.15) is 0 Å². The van der Waals surface area contributed by atoms with Crippen LogP contribution in [0.25, 0.3) is 0 Å². The van der Waals surface area contributed by atoms with E-state index in [1.165, 1.54) is 18.4 Å². The number of carbonyl (C=O) groups is 2. The van der Waals surface area contributed by atoms with Gasteiger partial charge in [0.25, 0.3) is 0 Å². The lowest BCUT2D eigenvalue weighted by Crippen LogP contribution is -2.33. The van der Waals surface area contributed by atoms with Crippen LogP contribution in [0.3, 0.4) is 0 Å². The van der Waals surface area contributed by atoms with E-state index in [0.717, 1.165) is 11.4 Å². The maximum atomic E-state index is 12.6. The summed E-state index contributed by atoms with van der Waals surface area (Å²) in [5.41, 5.74) is 3.13. The second-order valence-electron chi connectivity index (χ2n) is 7.89. The molecule has 1 aliphatic heterocycles. The van der Waals surface area contributed by atoms with Crippen LogP contribution in [-0.2, 0) is 16.1 Å². The van der Waals surface area contributed by atoms with Crippen molar-refractivity contribution in [2.45, 2.75) is 51.6 Å². The summed E-state index contributed by atoms with van der Waals surface area (Å²) in [5.74, 6) is 0.0965. The summed E-state index contributed by atoms with van der Waals surface area (Å²) in [7, 11) is 0. The molecule has 142 valence electrons. The average molecular weight is 366 g/mol. The van der Waals surface area contributed by atoms with Crippen molar-refractivity contribution in [2.75, 3.05) is 11.4 Å². The smallest absolute Gasteiger partial charge is 0.227 e. The standard InChI is InChI=1S/C21H26N4O2/c1-14(2)15-3-5-17(6-4-15)24-12-16(9-20(24)26)21(27)23-11-19-10-22-13-25(19)18-7-8-18/h3-6,10,13-14,16,18H,7-9,11-12H2,1-2H3,(H,23,27). The van der Waals surface area contributed by atoms with Gasteiger partial charge in [0.2, 0.25) is 11.8 Å². The van der Waals surface area contributed by atoms with Gasteiger partial charge in [-0.25, -0.2) is 4.98 Å². The van der Waals surface area contributed by atoms with Gasteiger partial charge in [-0.1, -0.05) is 26.0 Å². The molecule has 0 radical (unpaired) electrons. The molecule has 1 saturated carbocycles. The Morgan fingerprint density at radius 1 is 1.26 bits per heavy atom. The number of nitrogens with zero attached hydrogens (tertiary/aromatic N) is 3. The molecule has 1 aliphatic carbocycles. The number of benzene rings is 1. The third-order valence-corrected chi connectivity index (χ3v) is 5.50. The van der Waals surface area contributed by atoms with E-state index in [9.17, 15) is 9.59 Å². The van der Waals surface area contributed by atoms with Crippen LogP contribution in [0.5, 0.6) is 0 Å². The van der Waals surface area contributed by atoms with Crippen LogP contribution in [0.2, 0.25) is 0 Å². The van der Waals surface area contributed by atoms with Gasteiger partial charge in [0.15, 0.2) is 0 Å². The van der Waals surface area contributed by atoms with Crippen molar-refractivity contribution in [3.63, 3.8) is 0 Å². The van der Waals surface area contributed by atoms with Gasteiger partial charge < -0.3 is 14.8 Å². The fraction of sp³-hybridized carbons (Fsp3) is 0.476. The molecule has 1 aromatic carbocycles. The van der Waals surface area contributed by atoms with Crippen LogP contribution < -0.4 is 10.2 Å². The lowest BCUT2D eigenvalue weighted by atomic mass is 10.0. The van der Waals surface area contributed by atoms with Crippen LogP contribution in [0.1, 0.15) is 56.3 Å². The van der Waals surface area contributed by atoms with E-state index in [2.05, 4.69) is 40.8 Å². The number of anilines is 1. The van der Waals surface area contributed by atoms with E-state index >= 15 is 0 Å². The molecule has 6 nitrogen and oxygen atoms in total. The Kier molecular flexibility index (Phi) is 4.72. The van der Waals surface area contributed by atoms with Crippen molar-refractivity contribution in [3.05, 3.63) is 48.0 Å². The van der Waals surface area contributed by atoms with E-state index in [4.69, 9.17) is 0 Å². The number of imidazole rings is 1. The average Bonchev–Trinajstić information content (AvgIpc) is 3.27.